The lowest BCUT2D eigenvalue weighted by Gasteiger charge is -2.36. The van der Waals surface area contributed by atoms with E-state index in [9.17, 15) is 0 Å². The van der Waals surface area contributed by atoms with Crippen LogP contribution in [0.3, 0.4) is 0 Å². The second-order valence-electron chi connectivity index (χ2n) is 5.52. The van der Waals surface area contributed by atoms with Gasteiger partial charge in [-0.2, -0.15) is 0 Å². The van der Waals surface area contributed by atoms with E-state index in [1.165, 1.54) is 38.8 Å². The summed E-state index contributed by atoms with van der Waals surface area (Å²) in [6, 6.07) is 0. The third-order valence-corrected chi connectivity index (χ3v) is 3.27. The van der Waals surface area contributed by atoms with Gasteiger partial charge in [0.15, 0.2) is 0 Å². The molecule has 0 bridgehead atoms. The first-order valence-corrected chi connectivity index (χ1v) is 5.72. The topological polar surface area (TPSA) is 3.24 Å². The fraction of sp³-hybridized carbons (Fsp3) is 1.00. The van der Waals surface area contributed by atoms with E-state index >= 15 is 0 Å². The van der Waals surface area contributed by atoms with Crippen LogP contribution >= 0.6 is 0 Å². The molecule has 1 aliphatic heterocycles. The predicted molar refractivity (Wildman–Crippen MR) is 58.9 cm³/mol. The van der Waals surface area contributed by atoms with Crippen molar-refractivity contribution in [2.45, 2.75) is 46.5 Å². The average Bonchev–Trinajstić information content (AvgIpc) is 1.98. The second-order valence-corrected chi connectivity index (χ2v) is 5.52. The smallest absolute Gasteiger partial charge is 0.00297 e. The molecule has 0 radical (unpaired) electrons. The fourth-order valence-electron chi connectivity index (χ4n) is 2.76. The molecule has 1 heteroatoms. The molecule has 1 rings (SSSR count). The lowest BCUT2D eigenvalue weighted by Crippen LogP contribution is -2.35. The van der Waals surface area contributed by atoms with Crippen LogP contribution in [0.1, 0.15) is 46.5 Å². The van der Waals surface area contributed by atoms with Crippen molar-refractivity contribution in [1.29, 1.82) is 0 Å². The summed E-state index contributed by atoms with van der Waals surface area (Å²) >= 11 is 0. The SMILES string of the molecule is CCC1CCCN(C)CC(C)(C)C1. The first-order chi connectivity index (χ1) is 6.03. The van der Waals surface area contributed by atoms with Gasteiger partial charge in [-0.05, 0) is 44.2 Å². The molecule has 0 spiro atoms. The van der Waals surface area contributed by atoms with Crippen molar-refractivity contribution < 1.29 is 0 Å². The number of hydrogen-bond acceptors (Lipinski definition) is 1. The van der Waals surface area contributed by atoms with E-state index in [4.69, 9.17) is 0 Å². The highest BCUT2D eigenvalue weighted by Gasteiger charge is 2.25. The fourth-order valence-corrected chi connectivity index (χ4v) is 2.76. The molecule has 1 saturated heterocycles. The van der Waals surface area contributed by atoms with Crippen molar-refractivity contribution in [3.05, 3.63) is 0 Å². The Kier molecular flexibility index (Phi) is 3.78. The van der Waals surface area contributed by atoms with Crippen molar-refractivity contribution in [2.24, 2.45) is 11.3 Å². The third kappa shape index (κ3) is 3.68. The minimum absolute atomic E-state index is 0.524. The van der Waals surface area contributed by atoms with Crippen LogP contribution in [0.4, 0.5) is 0 Å². The lowest BCUT2D eigenvalue weighted by atomic mass is 9.78. The standard InChI is InChI=1S/C12H25N/c1-5-11-7-6-8-13(4)10-12(2,3)9-11/h11H,5-10H2,1-4H3. The Hall–Kier alpha value is -0.0400. The van der Waals surface area contributed by atoms with Gasteiger partial charge in [-0.3, -0.25) is 0 Å². The molecule has 1 unspecified atom stereocenters. The van der Waals surface area contributed by atoms with Crippen LogP contribution in [0.5, 0.6) is 0 Å². The molecule has 1 heterocycles. The highest BCUT2D eigenvalue weighted by atomic mass is 15.1. The van der Waals surface area contributed by atoms with Gasteiger partial charge in [0.25, 0.3) is 0 Å². The number of hydrogen-bond donors (Lipinski definition) is 0. The molecule has 1 atom stereocenters. The Bertz CT molecular complexity index is 151. The zero-order valence-corrected chi connectivity index (χ0v) is 9.77. The first-order valence-electron chi connectivity index (χ1n) is 5.72. The van der Waals surface area contributed by atoms with Gasteiger partial charge in [-0.1, -0.05) is 27.2 Å². The van der Waals surface area contributed by atoms with Crippen LogP contribution in [-0.4, -0.2) is 25.0 Å². The van der Waals surface area contributed by atoms with Gasteiger partial charge in [-0.15, -0.1) is 0 Å². The Morgan fingerprint density at radius 3 is 2.69 bits per heavy atom. The monoisotopic (exact) mass is 183 g/mol. The molecule has 0 aromatic carbocycles. The average molecular weight is 183 g/mol. The Morgan fingerprint density at radius 1 is 1.38 bits per heavy atom. The largest absolute Gasteiger partial charge is 0.306 e. The summed E-state index contributed by atoms with van der Waals surface area (Å²) in [7, 11) is 2.26. The van der Waals surface area contributed by atoms with Gasteiger partial charge in [0, 0.05) is 6.54 Å². The van der Waals surface area contributed by atoms with Crippen LogP contribution in [0.25, 0.3) is 0 Å². The van der Waals surface area contributed by atoms with Gasteiger partial charge in [0.2, 0.25) is 0 Å². The van der Waals surface area contributed by atoms with Crippen LogP contribution < -0.4 is 0 Å². The van der Waals surface area contributed by atoms with Crippen LogP contribution in [0.2, 0.25) is 0 Å². The predicted octanol–water partition coefficient (Wildman–Crippen LogP) is 3.15. The molecule has 0 aliphatic carbocycles. The molecule has 0 N–H and O–H groups in total. The van der Waals surface area contributed by atoms with Crippen LogP contribution in [-0.2, 0) is 0 Å². The number of likely N-dealkylation sites (tertiary alicyclic amines) is 1. The molecular formula is C12H25N. The maximum absolute atomic E-state index is 2.49. The van der Waals surface area contributed by atoms with E-state index in [0.29, 0.717) is 5.41 Å². The molecular weight excluding hydrogens is 158 g/mol. The van der Waals surface area contributed by atoms with E-state index in [1.807, 2.05) is 0 Å². The number of rotatable bonds is 1. The van der Waals surface area contributed by atoms with Crippen molar-refractivity contribution >= 4 is 0 Å². The molecule has 78 valence electrons. The van der Waals surface area contributed by atoms with E-state index in [-0.39, 0.29) is 0 Å². The number of nitrogens with zero attached hydrogens (tertiary/aromatic N) is 1. The van der Waals surface area contributed by atoms with Gasteiger partial charge >= 0.3 is 0 Å². The van der Waals surface area contributed by atoms with E-state index in [2.05, 4.69) is 32.7 Å². The van der Waals surface area contributed by atoms with E-state index in [0.717, 1.165) is 5.92 Å². The van der Waals surface area contributed by atoms with Crippen molar-refractivity contribution in [2.75, 3.05) is 20.1 Å². The second kappa shape index (κ2) is 4.45. The van der Waals surface area contributed by atoms with Crippen LogP contribution in [0, 0.1) is 11.3 Å². The summed E-state index contributed by atoms with van der Waals surface area (Å²) in [4.78, 5) is 2.49. The molecule has 1 nitrogen and oxygen atoms in total. The molecule has 0 aromatic heterocycles. The summed E-state index contributed by atoms with van der Waals surface area (Å²) in [5.74, 6) is 0.976. The third-order valence-electron chi connectivity index (χ3n) is 3.27. The highest BCUT2D eigenvalue weighted by molar-refractivity contribution is 4.78. The quantitative estimate of drug-likeness (QED) is 0.603. The molecule has 1 fully saturated rings. The van der Waals surface area contributed by atoms with E-state index in [1.54, 1.807) is 0 Å². The Balaban J connectivity index is 2.53. The maximum atomic E-state index is 2.49. The molecule has 13 heavy (non-hydrogen) atoms. The summed E-state index contributed by atoms with van der Waals surface area (Å²) < 4.78 is 0. The first kappa shape index (κ1) is 11.0. The normalized spacial score (nSPS) is 30.9. The van der Waals surface area contributed by atoms with Crippen molar-refractivity contribution in [3.63, 3.8) is 0 Å². The van der Waals surface area contributed by atoms with E-state index < -0.39 is 0 Å². The van der Waals surface area contributed by atoms with Gasteiger partial charge < -0.3 is 4.90 Å². The Labute approximate surface area is 83.5 Å². The zero-order chi connectivity index (χ0) is 9.90. The van der Waals surface area contributed by atoms with Crippen molar-refractivity contribution in [1.82, 2.24) is 4.90 Å². The summed E-state index contributed by atoms with van der Waals surface area (Å²) in [6.45, 7) is 9.73. The molecule has 0 amide bonds. The minimum Gasteiger partial charge on any atom is -0.306 e. The molecule has 0 aromatic rings. The summed E-state index contributed by atoms with van der Waals surface area (Å²) in [6.07, 6.45) is 5.61. The minimum atomic E-state index is 0.524. The summed E-state index contributed by atoms with van der Waals surface area (Å²) in [5, 5.41) is 0. The Morgan fingerprint density at radius 2 is 2.08 bits per heavy atom. The zero-order valence-electron chi connectivity index (χ0n) is 9.77. The summed E-state index contributed by atoms with van der Waals surface area (Å²) in [5.41, 5.74) is 0.524. The highest BCUT2D eigenvalue weighted by Crippen LogP contribution is 2.32. The van der Waals surface area contributed by atoms with Gasteiger partial charge in [-0.25, -0.2) is 0 Å². The lowest BCUT2D eigenvalue weighted by molar-refractivity contribution is 0.140. The van der Waals surface area contributed by atoms with Crippen molar-refractivity contribution in [3.8, 4) is 0 Å². The van der Waals surface area contributed by atoms with Gasteiger partial charge in [0.1, 0.15) is 0 Å². The van der Waals surface area contributed by atoms with Gasteiger partial charge in [0.05, 0.1) is 0 Å². The maximum Gasteiger partial charge on any atom is 0.00297 e. The van der Waals surface area contributed by atoms with Crippen LogP contribution in [0.15, 0.2) is 0 Å². The molecule has 1 aliphatic rings. The molecule has 0 saturated carbocycles.